The predicted octanol–water partition coefficient (Wildman–Crippen LogP) is 4.14. The molecule has 0 aromatic heterocycles. The molecule has 2 heterocycles. The molecule has 0 aliphatic carbocycles. The smallest absolute Gasteiger partial charge is 0.407 e. The van der Waals surface area contributed by atoms with E-state index in [1.807, 2.05) is 0 Å². The van der Waals surface area contributed by atoms with Gasteiger partial charge in [-0.2, -0.15) is 0 Å². The number of likely N-dealkylation sites (tertiary alicyclic amines) is 1. The molecule has 0 bridgehead atoms. The first-order chi connectivity index (χ1) is 10.3. The van der Waals surface area contributed by atoms with Crippen molar-refractivity contribution in [2.24, 2.45) is 0 Å². The predicted molar refractivity (Wildman–Crippen MR) is 87.3 cm³/mol. The molecule has 2 aliphatic heterocycles. The van der Waals surface area contributed by atoms with E-state index in [0.29, 0.717) is 13.1 Å². The van der Waals surface area contributed by atoms with Crippen LogP contribution in [-0.2, 0) is 12.0 Å². The highest BCUT2D eigenvalue weighted by atomic mass is 35.5. The number of carbonyl (C=O) groups is 1. The fourth-order valence-corrected chi connectivity index (χ4v) is 3.77. The molecule has 1 saturated heterocycles. The summed E-state index contributed by atoms with van der Waals surface area (Å²) < 4.78 is 0. The van der Waals surface area contributed by atoms with Crippen LogP contribution in [0.5, 0.6) is 0 Å². The zero-order valence-corrected chi connectivity index (χ0v) is 14.1. The van der Waals surface area contributed by atoms with Gasteiger partial charge in [0.2, 0.25) is 0 Å². The summed E-state index contributed by atoms with van der Waals surface area (Å²) in [5.41, 5.74) is 4.48. The fraction of sp³-hybridized carbons (Fsp3) is 0.588. The Labute approximate surface area is 136 Å². The Morgan fingerprint density at radius 2 is 2.05 bits per heavy atom. The molecule has 4 nitrogen and oxygen atoms in total. The number of fused-ring (bicyclic) bond motifs is 1. The second-order valence-electron chi connectivity index (χ2n) is 7.26. The standard InChI is InChI=1S/C17H23ClN2O2/c1-17(2,3)10-7-11(13-9-19-15(18)12(13)8-10)14-5-4-6-20(14)16(21)22/h7-8,14-15,19H,4-6,9H2,1-3H3,(H,21,22)/t14-,15?/m0/s1. The third kappa shape index (κ3) is 2.59. The van der Waals surface area contributed by atoms with E-state index in [2.05, 4.69) is 38.2 Å². The van der Waals surface area contributed by atoms with Crippen LogP contribution >= 0.6 is 11.6 Å². The van der Waals surface area contributed by atoms with Gasteiger partial charge in [-0.15, -0.1) is 11.6 Å². The maximum atomic E-state index is 11.5. The quantitative estimate of drug-likeness (QED) is 0.603. The van der Waals surface area contributed by atoms with Crippen molar-refractivity contribution in [2.45, 2.75) is 57.1 Å². The summed E-state index contributed by atoms with van der Waals surface area (Å²) in [4.78, 5) is 13.1. The Kier molecular flexibility index (Phi) is 3.86. The summed E-state index contributed by atoms with van der Waals surface area (Å²) in [5.74, 6) is 0. The first-order valence-electron chi connectivity index (χ1n) is 7.83. The summed E-state index contributed by atoms with van der Waals surface area (Å²) in [6.45, 7) is 7.86. The molecule has 0 spiro atoms. The largest absolute Gasteiger partial charge is 0.465 e. The molecule has 5 heteroatoms. The fourth-order valence-electron chi connectivity index (χ4n) is 3.50. The molecule has 120 valence electrons. The van der Waals surface area contributed by atoms with Crippen LogP contribution in [0.1, 0.15) is 67.4 Å². The van der Waals surface area contributed by atoms with E-state index in [-0.39, 0.29) is 17.0 Å². The van der Waals surface area contributed by atoms with Crippen molar-refractivity contribution in [3.05, 3.63) is 34.4 Å². The van der Waals surface area contributed by atoms with Crippen LogP contribution < -0.4 is 5.32 Å². The SMILES string of the molecule is CC(C)(C)c1cc2c(c([C@@H]3CCCN3C(=O)O)c1)CNC2Cl. The van der Waals surface area contributed by atoms with Gasteiger partial charge in [-0.1, -0.05) is 32.9 Å². The summed E-state index contributed by atoms with van der Waals surface area (Å²) in [5, 5.41) is 12.7. The zero-order chi connectivity index (χ0) is 16.1. The molecule has 0 radical (unpaired) electrons. The summed E-state index contributed by atoms with van der Waals surface area (Å²) in [7, 11) is 0. The molecule has 1 fully saturated rings. The summed E-state index contributed by atoms with van der Waals surface area (Å²) in [6, 6.07) is 4.33. The number of carboxylic acid groups (broad SMARTS) is 1. The van der Waals surface area contributed by atoms with Crippen molar-refractivity contribution in [3.63, 3.8) is 0 Å². The van der Waals surface area contributed by atoms with Gasteiger partial charge in [0.05, 0.1) is 6.04 Å². The molecular weight excluding hydrogens is 300 g/mol. The maximum Gasteiger partial charge on any atom is 0.407 e. The lowest BCUT2D eigenvalue weighted by Gasteiger charge is -2.27. The van der Waals surface area contributed by atoms with Crippen LogP contribution in [0.15, 0.2) is 12.1 Å². The van der Waals surface area contributed by atoms with Gasteiger partial charge in [0.1, 0.15) is 5.50 Å². The first kappa shape index (κ1) is 15.6. The monoisotopic (exact) mass is 322 g/mol. The Morgan fingerprint density at radius 1 is 1.36 bits per heavy atom. The Bertz CT molecular complexity index is 609. The van der Waals surface area contributed by atoms with Gasteiger partial charge in [0.15, 0.2) is 0 Å². The molecule has 1 amide bonds. The van der Waals surface area contributed by atoms with Crippen molar-refractivity contribution < 1.29 is 9.90 Å². The molecule has 1 unspecified atom stereocenters. The normalized spacial score (nSPS) is 24.6. The highest BCUT2D eigenvalue weighted by Gasteiger charge is 2.35. The number of hydrogen-bond donors (Lipinski definition) is 2. The third-order valence-electron chi connectivity index (χ3n) is 4.77. The third-order valence-corrected chi connectivity index (χ3v) is 5.16. The molecule has 1 aromatic carbocycles. The van der Waals surface area contributed by atoms with Crippen LogP contribution in [0.2, 0.25) is 0 Å². The number of halogens is 1. The van der Waals surface area contributed by atoms with Crippen LogP contribution in [0.4, 0.5) is 4.79 Å². The second kappa shape index (κ2) is 5.43. The van der Waals surface area contributed by atoms with Gasteiger partial charge < -0.3 is 10.0 Å². The molecule has 0 saturated carbocycles. The van der Waals surface area contributed by atoms with Crippen molar-refractivity contribution in [1.29, 1.82) is 0 Å². The molecule has 2 aliphatic rings. The first-order valence-corrected chi connectivity index (χ1v) is 8.27. The van der Waals surface area contributed by atoms with Crippen molar-refractivity contribution >= 4 is 17.7 Å². The minimum Gasteiger partial charge on any atom is -0.465 e. The topological polar surface area (TPSA) is 52.6 Å². The van der Waals surface area contributed by atoms with Crippen LogP contribution in [0.25, 0.3) is 0 Å². The van der Waals surface area contributed by atoms with E-state index >= 15 is 0 Å². The van der Waals surface area contributed by atoms with E-state index in [4.69, 9.17) is 11.6 Å². The molecule has 3 rings (SSSR count). The molecular formula is C17H23ClN2O2. The molecule has 22 heavy (non-hydrogen) atoms. The van der Waals surface area contributed by atoms with Gasteiger partial charge in [0.25, 0.3) is 0 Å². The average molecular weight is 323 g/mol. The second-order valence-corrected chi connectivity index (χ2v) is 7.70. The highest BCUT2D eigenvalue weighted by molar-refractivity contribution is 6.21. The lowest BCUT2D eigenvalue weighted by Crippen LogP contribution is -2.29. The van der Waals surface area contributed by atoms with Gasteiger partial charge in [-0.25, -0.2) is 4.79 Å². The van der Waals surface area contributed by atoms with Crippen LogP contribution in [-0.4, -0.2) is 22.6 Å². The van der Waals surface area contributed by atoms with Crippen molar-refractivity contribution in [3.8, 4) is 0 Å². The maximum absolute atomic E-state index is 11.5. The lowest BCUT2D eigenvalue weighted by atomic mass is 9.82. The van der Waals surface area contributed by atoms with Gasteiger partial charge in [0, 0.05) is 13.1 Å². The van der Waals surface area contributed by atoms with Crippen LogP contribution in [0.3, 0.4) is 0 Å². The van der Waals surface area contributed by atoms with Gasteiger partial charge in [-0.3, -0.25) is 5.32 Å². The summed E-state index contributed by atoms with van der Waals surface area (Å²) >= 11 is 6.40. The van der Waals surface area contributed by atoms with Crippen LogP contribution in [0, 0.1) is 0 Å². The lowest BCUT2D eigenvalue weighted by molar-refractivity contribution is 0.140. The van der Waals surface area contributed by atoms with Crippen molar-refractivity contribution in [1.82, 2.24) is 10.2 Å². The zero-order valence-electron chi connectivity index (χ0n) is 13.3. The average Bonchev–Trinajstić information content (AvgIpc) is 3.04. The molecule has 2 atom stereocenters. The Hall–Kier alpha value is -1.26. The van der Waals surface area contributed by atoms with E-state index in [1.165, 1.54) is 11.1 Å². The number of rotatable bonds is 1. The van der Waals surface area contributed by atoms with E-state index in [0.717, 1.165) is 24.0 Å². The van der Waals surface area contributed by atoms with E-state index in [9.17, 15) is 9.90 Å². The number of hydrogen-bond acceptors (Lipinski definition) is 2. The number of benzene rings is 1. The number of nitrogens with one attached hydrogen (secondary N) is 1. The molecule has 2 N–H and O–H groups in total. The number of amides is 1. The Balaban J connectivity index is 2.12. The van der Waals surface area contributed by atoms with Crippen molar-refractivity contribution in [2.75, 3.05) is 6.54 Å². The minimum absolute atomic E-state index is 0.00956. The molecule has 1 aromatic rings. The number of alkyl halides is 1. The van der Waals surface area contributed by atoms with Gasteiger partial charge in [-0.05, 0) is 40.5 Å². The van der Waals surface area contributed by atoms with Gasteiger partial charge >= 0.3 is 6.09 Å². The highest BCUT2D eigenvalue weighted by Crippen LogP contribution is 2.41. The van der Waals surface area contributed by atoms with E-state index in [1.54, 1.807) is 4.90 Å². The number of nitrogens with zero attached hydrogens (tertiary/aromatic N) is 1. The van der Waals surface area contributed by atoms with E-state index < -0.39 is 6.09 Å². The summed E-state index contributed by atoms with van der Waals surface area (Å²) in [6.07, 6.45) is 0.980. The minimum atomic E-state index is -0.828. The Morgan fingerprint density at radius 3 is 2.68 bits per heavy atom.